The van der Waals surface area contributed by atoms with Gasteiger partial charge in [-0.1, -0.05) is 31.2 Å². The smallest absolute Gasteiger partial charge is 0.303 e. The minimum atomic E-state index is -0.745. The van der Waals surface area contributed by atoms with Crippen molar-refractivity contribution in [3.63, 3.8) is 0 Å². The van der Waals surface area contributed by atoms with Gasteiger partial charge in [0.1, 0.15) is 0 Å². The van der Waals surface area contributed by atoms with Crippen LogP contribution < -0.4 is 5.73 Å². The molecule has 0 aromatic heterocycles. The highest BCUT2D eigenvalue weighted by Crippen LogP contribution is 2.30. The first-order valence-electron chi connectivity index (χ1n) is 8.69. The molecule has 0 bridgehead atoms. The van der Waals surface area contributed by atoms with E-state index in [0.29, 0.717) is 0 Å². The fraction of sp³-hybridized carbons (Fsp3) is 0.632. The largest absolute Gasteiger partial charge is 0.481 e. The molecule has 1 saturated carbocycles. The molecule has 0 unspecified atom stereocenters. The van der Waals surface area contributed by atoms with Crippen molar-refractivity contribution in [3.8, 4) is 0 Å². The van der Waals surface area contributed by atoms with Gasteiger partial charge in [0.2, 0.25) is 0 Å². The SMILES string of the molecule is CCC(=O)O.NCC1CCC(Cc2ccc(CCO)cc2)CC1. The molecular weight excluding hydrogens is 290 g/mol. The Labute approximate surface area is 139 Å². The average Bonchev–Trinajstić information content (AvgIpc) is 2.58. The molecule has 1 fully saturated rings. The number of carbonyl (C=O) groups is 1. The van der Waals surface area contributed by atoms with E-state index >= 15 is 0 Å². The van der Waals surface area contributed by atoms with Gasteiger partial charge in [0.05, 0.1) is 0 Å². The summed E-state index contributed by atoms with van der Waals surface area (Å²) in [4.78, 5) is 9.37. The summed E-state index contributed by atoms with van der Waals surface area (Å²) in [5, 5.41) is 16.6. The van der Waals surface area contributed by atoms with Crippen LogP contribution in [0.1, 0.15) is 50.2 Å². The summed E-state index contributed by atoms with van der Waals surface area (Å²) >= 11 is 0. The van der Waals surface area contributed by atoms with Crippen LogP contribution in [0.3, 0.4) is 0 Å². The number of carboxylic acids is 1. The van der Waals surface area contributed by atoms with Gasteiger partial charge in [-0.2, -0.15) is 0 Å². The topological polar surface area (TPSA) is 83.5 Å². The van der Waals surface area contributed by atoms with E-state index in [1.807, 2.05) is 0 Å². The van der Waals surface area contributed by atoms with Gasteiger partial charge in [-0.15, -0.1) is 0 Å². The van der Waals surface area contributed by atoms with Crippen LogP contribution in [-0.2, 0) is 17.6 Å². The summed E-state index contributed by atoms with van der Waals surface area (Å²) in [6.07, 6.45) is 7.48. The zero-order valence-electron chi connectivity index (χ0n) is 14.2. The summed E-state index contributed by atoms with van der Waals surface area (Å²) in [6.45, 7) is 2.70. The van der Waals surface area contributed by atoms with E-state index < -0.39 is 5.97 Å². The lowest BCUT2D eigenvalue weighted by Gasteiger charge is -2.27. The Morgan fingerprint density at radius 3 is 2.00 bits per heavy atom. The number of hydrogen-bond acceptors (Lipinski definition) is 3. The molecule has 1 aromatic rings. The maximum absolute atomic E-state index is 9.37. The van der Waals surface area contributed by atoms with Crippen molar-refractivity contribution in [1.82, 2.24) is 0 Å². The van der Waals surface area contributed by atoms with Crippen LogP contribution in [0.4, 0.5) is 0 Å². The van der Waals surface area contributed by atoms with Crippen molar-refractivity contribution in [2.75, 3.05) is 13.2 Å². The third-order valence-electron chi connectivity index (χ3n) is 4.55. The molecule has 4 heteroatoms. The number of aliphatic hydroxyl groups is 1. The first-order chi connectivity index (χ1) is 11.1. The first kappa shape index (κ1) is 19.7. The second kappa shape index (κ2) is 11.2. The third-order valence-corrected chi connectivity index (χ3v) is 4.55. The van der Waals surface area contributed by atoms with Crippen molar-refractivity contribution in [2.45, 2.75) is 51.9 Å². The Kier molecular flexibility index (Phi) is 9.57. The number of benzene rings is 1. The standard InChI is InChI=1S/C16H25NO.C3H6O2/c17-12-16-7-5-15(6-8-16)11-14-3-1-13(2-4-14)9-10-18;1-2-3(4)5/h1-4,15-16,18H,5-12,17H2;2H2,1H3,(H,4,5). The molecule has 0 spiro atoms. The number of carboxylic acid groups (broad SMARTS) is 1. The zero-order valence-corrected chi connectivity index (χ0v) is 14.2. The molecule has 2 rings (SSSR count). The normalized spacial score (nSPS) is 20.5. The fourth-order valence-corrected chi connectivity index (χ4v) is 2.98. The van der Waals surface area contributed by atoms with Crippen LogP contribution in [0.25, 0.3) is 0 Å². The second-order valence-corrected chi connectivity index (χ2v) is 6.36. The van der Waals surface area contributed by atoms with Crippen molar-refractivity contribution in [3.05, 3.63) is 35.4 Å². The monoisotopic (exact) mass is 321 g/mol. The highest BCUT2D eigenvalue weighted by atomic mass is 16.4. The van der Waals surface area contributed by atoms with Crippen LogP contribution in [0.15, 0.2) is 24.3 Å². The third kappa shape index (κ3) is 8.14. The second-order valence-electron chi connectivity index (χ2n) is 6.36. The van der Waals surface area contributed by atoms with Crippen LogP contribution in [-0.4, -0.2) is 29.3 Å². The maximum Gasteiger partial charge on any atom is 0.303 e. The molecule has 0 aliphatic heterocycles. The van der Waals surface area contributed by atoms with Crippen molar-refractivity contribution >= 4 is 5.97 Å². The van der Waals surface area contributed by atoms with Crippen LogP contribution >= 0.6 is 0 Å². The maximum atomic E-state index is 9.37. The van der Waals surface area contributed by atoms with Gasteiger partial charge in [-0.25, -0.2) is 0 Å². The van der Waals surface area contributed by atoms with Gasteiger partial charge >= 0.3 is 5.97 Å². The van der Waals surface area contributed by atoms with Gasteiger partial charge in [-0.05, 0) is 68.0 Å². The molecule has 1 aliphatic carbocycles. The van der Waals surface area contributed by atoms with E-state index in [-0.39, 0.29) is 13.0 Å². The molecule has 23 heavy (non-hydrogen) atoms. The number of rotatable bonds is 6. The van der Waals surface area contributed by atoms with Gasteiger partial charge in [-0.3, -0.25) is 4.79 Å². The molecule has 1 aliphatic rings. The molecule has 0 radical (unpaired) electrons. The summed E-state index contributed by atoms with van der Waals surface area (Å²) in [6, 6.07) is 8.74. The van der Waals surface area contributed by atoms with Crippen molar-refractivity contribution in [1.29, 1.82) is 0 Å². The summed E-state index contributed by atoms with van der Waals surface area (Å²) < 4.78 is 0. The lowest BCUT2D eigenvalue weighted by atomic mass is 9.79. The fourth-order valence-electron chi connectivity index (χ4n) is 2.98. The molecule has 1 aromatic carbocycles. The van der Waals surface area contributed by atoms with E-state index in [4.69, 9.17) is 15.9 Å². The average molecular weight is 321 g/mol. The van der Waals surface area contributed by atoms with Gasteiger partial charge in [0, 0.05) is 13.0 Å². The molecule has 0 atom stereocenters. The van der Waals surface area contributed by atoms with Gasteiger partial charge in [0.25, 0.3) is 0 Å². The molecule has 0 amide bonds. The molecule has 4 nitrogen and oxygen atoms in total. The highest BCUT2D eigenvalue weighted by molar-refractivity contribution is 5.66. The number of nitrogens with two attached hydrogens (primary N) is 1. The number of aliphatic carboxylic acids is 1. The minimum Gasteiger partial charge on any atom is -0.481 e. The lowest BCUT2D eigenvalue weighted by Crippen LogP contribution is -2.22. The summed E-state index contributed by atoms with van der Waals surface area (Å²) in [7, 11) is 0. The van der Waals surface area contributed by atoms with Crippen molar-refractivity contribution in [2.24, 2.45) is 17.6 Å². The first-order valence-corrected chi connectivity index (χ1v) is 8.69. The molecule has 4 N–H and O–H groups in total. The Balaban J connectivity index is 0.000000463. The van der Waals surface area contributed by atoms with E-state index in [1.165, 1.54) is 43.2 Å². The van der Waals surface area contributed by atoms with Gasteiger partial charge in [0.15, 0.2) is 0 Å². The van der Waals surface area contributed by atoms with E-state index in [1.54, 1.807) is 6.92 Å². The summed E-state index contributed by atoms with van der Waals surface area (Å²) in [5.41, 5.74) is 8.39. The van der Waals surface area contributed by atoms with E-state index in [0.717, 1.165) is 24.8 Å². The number of aliphatic hydroxyl groups excluding tert-OH is 1. The Bertz CT molecular complexity index is 436. The Morgan fingerprint density at radius 1 is 1.09 bits per heavy atom. The zero-order chi connectivity index (χ0) is 17.1. The van der Waals surface area contributed by atoms with Crippen molar-refractivity contribution < 1.29 is 15.0 Å². The predicted octanol–water partition coefficient (Wildman–Crippen LogP) is 3.01. The van der Waals surface area contributed by atoms with Crippen LogP contribution in [0, 0.1) is 11.8 Å². The van der Waals surface area contributed by atoms with E-state index in [2.05, 4.69) is 24.3 Å². The van der Waals surface area contributed by atoms with Gasteiger partial charge < -0.3 is 15.9 Å². The van der Waals surface area contributed by atoms with Crippen LogP contribution in [0.2, 0.25) is 0 Å². The Morgan fingerprint density at radius 2 is 1.57 bits per heavy atom. The predicted molar refractivity (Wildman–Crippen MR) is 93.4 cm³/mol. The summed E-state index contributed by atoms with van der Waals surface area (Å²) in [5.74, 6) is 0.870. The highest BCUT2D eigenvalue weighted by Gasteiger charge is 2.20. The van der Waals surface area contributed by atoms with Crippen LogP contribution in [0.5, 0.6) is 0 Å². The molecule has 0 heterocycles. The quantitative estimate of drug-likeness (QED) is 0.752. The Hall–Kier alpha value is -1.39. The number of hydrogen-bond donors (Lipinski definition) is 3. The lowest BCUT2D eigenvalue weighted by molar-refractivity contribution is -0.136. The minimum absolute atomic E-state index is 0.222. The molecule has 0 saturated heterocycles. The van der Waals surface area contributed by atoms with E-state index in [9.17, 15) is 4.79 Å². The molecule has 130 valence electrons. The molecular formula is C19H31NO3.